The fourth-order valence-electron chi connectivity index (χ4n) is 0.952. The van der Waals surface area contributed by atoms with Gasteiger partial charge in [-0.25, -0.2) is 4.79 Å². The third-order valence-electron chi connectivity index (χ3n) is 1.58. The molecule has 0 rings (SSSR count). The van der Waals surface area contributed by atoms with Crippen LogP contribution in [0.2, 0.25) is 0 Å². The second kappa shape index (κ2) is 6.91. The fourth-order valence-corrected chi connectivity index (χ4v) is 0.952. The summed E-state index contributed by atoms with van der Waals surface area (Å²) in [6.45, 7) is 10.1. The lowest BCUT2D eigenvalue weighted by Crippen LogP contribution is -2.43. The number of nitrogens with one attached hydrogen (secondary N) is 2. The topological polar surface area (TPSA) is 50.4 Å². The summed E-state index contributed by atoms with van der Waals surface area (Å²) >= 11 is 0. The molecule has 0 radical (unpaired) electrons. The lowest BCUT2D eigenvalue weighted by Gasteiger charge is -2.22. The molecule has 90 valence electrons. The van der Waals surface area contributed by atoms with Gasteiger partial charge in [0, 0.05) is 6.54 Å². The van der Waals surface area contributed by atoms with Crippen LogP contribution in [0.5, 0.6) is 0 Å². The number of alkyl carbamates (subject to hydrolysis) is 1. The maximum Gasteiger partial charge on any atom is 0.408 e. The van der Waals surface area contributed by atoms with Crippen molar-refractivity contribution in [3.63, 3.8) is 0 Å². The van der Waals surface area contributed by atoms with Gasteiger partial charge < -0.3 is 15.4 Å². The maximum atomic E-state index is 11.4. The minimum Gasteiger partial charge on any atom is -0.444 e. The number of carbonyl (C=O) groups excluding carboxylic acids is 1. The molecule has 16 heavy (non-hydrogen) atoms. The molecular formula is C12H20N2O2. The number of hydrogen-bond acceptors (Lipinski definition) is 3. The van der Waals surface area contributed by atoms with Gasteiger partial charge in [0.2, 0.25) is 0 Å². The van der Waals surface area contributed by atoms with Crippen LogP contribution >= 0.6 is 0 Å². The number of carbonyl (C=O) groups is 1. The van der Waals surface area contributed by atoms with Crippen molar-refractivity contribution >= 4 is 6.09 Å². The lowest BCUT2D eigenvalue weighted by molar-refractivity contribution is 0.0514. The van der Waals surface area contributed by atoms with Crippen LogP contribution < -0.4 is 10.6 Å². The summed E-state index contributed by atoms with van der Waals surface area (Å²) in [6.07, 6.45) is 6.26. The Morgan fingerprint density at radius 3 is 2.69 bits per heavy atom. The second-order valence-electron chi connectivity index (χ2n) is 4.32. The van der Waals surface area contributed by atoms with Crippen LogP contribution in [0.3, 0.4) is 0 Å². The highest BCUT2D eigenvalue weighted by molar-refractivity contribution is 5.68. The quantitative estimate of drug-likeness (QED) is 0.420. The Hall–Kier alpha value is -1.47. The highest BCUT2D eigenvalue weighted by Crippen LogP contribution is 2.06. The van der Waals surface area contributed by atoms with Crippen LogP contribution in [-0.2, 0) is 4.74 Å². The Kier molecular flexibility index (Phi) is 6.28. The van der Waals surface area contributed by atoms with E-state index >= 15 is 0 Å². The second-order valence-corrected chi connectivity index (χ2v) is 4.32. The molecular weight excluding hydrogens is 204 g/mol. The predicted molar refractivity (Wildman–Crippen MR) is 65.1 cm³/mol. The summed E-state index contributed by atoms with van der Waals surface area (Å²) in [7, 11) is 0. The first-order valence-corrected chi connectivity index (χ1v) is 5.15. The fraction of sp³-hybridized carbons (Fsp3) is 0.583. The van der Waals surface area contributed by atoms with E-state index in [0.717, 1.165) is 0 Å². The standard InChI is InChI=1S/C12H20N2O2/c1-6-8-13-9-10(7-2)14-11(15)16-12(3,4)5/h1,7,10,13H,2,8-9H2,3-5H3,(H,14,15). The Morgan fingerprint density at radius 2 is 2.25 bits per heavy atom. The van der Waals surface area contributed by atoms with Crippen LogP contribution in [0, 0.1) is 12.3 Å². The summed E-state index contributed by atoms with van der Waals surface area (Å²) in [5, 5.41) is 5.65. The molecule has 1 amide bonds. The van der Waals surface area contributed by atoms with Gasteiger partial charge in [0.05, 0.1) is 12.6 Å². The number of hydrogen-bond donors (Lipinski definition) is 2. The van der Waals surface area contributed by atoms with E-state index in [1.54, 1.807) is 6.08 Å². The van der Waals surface area contributed by atoms with Gasteiger partial charge in [-0.05, 0) is 20.8 Å². The SMILES string of the molecule is C#CCNCC(C=C)NC(=O)OC(C)(C)C. The monoisotopic (exact) mass is 224 g/mol. The van der Waals surface area contributed by atoms with Crippen molar-refractivity contribution < 1.29 is 9.53 Å². The molecule has 0 saturated heterocycles. The first-order chi connectivity index (χ1) is 7.39. The van der Waals surface area contributed by atoms with Crippen LogP contribution in [0.25, 0.3) is 0 Å². The highest BCUT2D eigenvalue weighted by atomic mass is 16.6. The van der Waals surface area contributed by atoms with Gasteiger partial charge in [0.15, 0.2) is 0 Å². The predicted octanol–water partition coefficient (Wildman–Crippen LogP) is 1.29. The number of amides is 1. The van der Waals surface area contributed by atoms with E-state index in [1.807, 2.05) is 20.8 Å². The largest absolute Gasteiger partial charge is 0.444 e. The molecule has 0 aromatic heterocycles. The summed E-state index contributed by atoms with van der Waals surface area (Å²) in [4.78, 5) is 11.4. The van der Waals surface area contributed by atoms with Crippen LogP contribution in [0.1, 0.15) is 20.8 Å². The average molecular weight is 224 g/mol. The van der Waals surface area contributed by atoms with E-state index in [4.69, 9.17) is 11.2 Å². The van der Waals surface area contributed by atoms with Crippen LogP contribution in [0.4, 0.5) is 4.79 Å². The van der Waals surface area contributed by atoms with Crippen molar-refractivity contribution in [2.24, 2.45) is 0 Å². The minimum atomic E-state index is -0.498. The van der Waals surface area contributed by atoms with Crippen molar-refractivity contribution in [3.05, 3.63) is 12.7 Å². The van der Waals surface area contributed by atoms with E-state index in [9.17, 15) is 4.79 Å². The zero-order valence-corrected chi connectivity index (χ0v) is 10.2. The molecule has 0 spiro atoms. The first-order valence-electron chi connectivity index (χ1n) is 5.15. The summed E-state index contributed by atoms with van der Waals surface area (Å²) in [6, 6.07) is -0.191. The summed E-state index contributed by atoms with van der Waals surface area (Å²) in [5.74, 6) is 2.45. The van der Waals surface area contributed by atoms with Crippen LogP contribution in [-0.4, -0.2) is 30.8 Å². The van der Waals surface area contributed by atoms with Gasteiger partial charge in [0.1, 0.15) is 5.60 Å². The van der Waals surface area contributed by atoms with Gasteiger partial charge in [-0.2, -0.15) is 0 Å². The molecule has 0 aliphatic carbocycles. The number of rotatable bonds is 5. The number of ether oxygens (including phenoxy) is 1. The molecule has 0 aliphatic heterocycles. The van der Waals surface area contributed by atoms with Gasteiger partial charge in [-0.15, -0.1) is 13.0 Å². The van der Waals surface area contributed by atoms with Crippen molar-refractivity contribution in [2.45, 2.75) is 32.4 Å². The number of terminal acetylenes is 1. The molecule has 0 saturated carbocycles. The lowest BCUT2D eigenvalue weighted by atomic mass is 10.2. The van der Waals surface area contributed by atoms with Gasteiger partial charge >= 0.3 is 6.09 Å². The normalized spacial score (nSPS) is 12.4. The third kappa shape index (κ3) is 7.89. The minimum absolute atomic E-state index is 0.191. The molecule has 0 aromatic carbocycles. The van der Waals surface area contributed by atoms with E-state index in [2.05, 4.69) is 23.1 Å². The van der Waals surface area contributed by atoms with E-state index in [0.29, 0.717) is 13.1 Å². The summed E-state index contributed by atoms with van der Waals surface area (Å²) < 4.78 is 5.11. The maximum absolute atomic E-state index is 11.4. The molecule has 2 N–H and O–H groups in total. The first kappa shape index (κ1) is 14.5. The molecule has 0 aliphatic rings. The Morgan fingerprint density at radius 1 is 1.62 bits per heavy atom. The summed E-state index contributed by atoms with van der Waals surface area (Å²) in [5.41, 5.74) is -0.498. The molecule has 4 heteroatoms. The average Bonchev–Trinajstić information content (AvgIpc) is 2.13. The van der Waals surface area contributed by atoms with Crippen molar-refractivity contribution in [3.8, 4) is 12.3 Å². The third-order valence-corrected chi connectivity index (χ3v) is 1.58. The van der Waals surface area contributed by atoms with Crippen molar-refractivity contribution in [1.82, 2.24) is 10.6 Å². The Labute approximate surface area is 97.4 Å². The van der Waals surface area contributed by atoms with Gasteiger partial charge in [-0.3, -0.25) is 0 Å². The van der Waals surface area contributed by atoms with E-state index in [-0.39, 0.29) is 6.04 Å². The van der Waals surface area contributed by atoms with Crippen molar-refractivity contribution in [1.29, 1.82) is 0 Å². The smallest absolute Gasteiger partial charge is 0.408 e. The molecule has 1 unspecified atom stereocenters. The zero-order chi connectivity index (χ0) is 12.6. The molecule has 0 bridgehead atoms. The molecule has 0 heterocycles. The van der Waals surface area contributed by atoms with Crippen LogP contribution in [0.15, 0.2) is 12.7 Å². The molecule has 0 aromatic rings. The highest BCUT2D eigenvalue weighted by Gasteiger charge is 2.17. The Bertz CT molecular complexity index is 274. The van der Waals surface area contributed by atoms with Gasteiger partial charge in [-0.1, -0.05) is 12.0 Å². The molecule has 4 nitrogen and oxygen atoms in total. The van der Waals surface area contributed by atoms with Crippen molar-refractivity contribution in [2.75, 3.05) is 13.1 Å². The Balaban J connectivity index is 3.98. The molecule has 0 fully saturated rings. The van der Waals surface area contributed by atoms with Gasteiger partial charge in [0.25, 0.3) is 0 Å². The zero-order valence-electron chi connectivity index (χ0n) is 10.2. The molecule has 1 atom stereocenters. The van der Waals surface area contributed by atoms with E-state index < -0.39 is 11.7 Å². The van der Waals surface area contributed by atoms with E-state index in [1.165, 1.54) is 0 Å².